The standard InChI is InChI=1S/C32H27N3O3/c1-2-35-29-11-9-23-15-27(29)28-16-24(10-12-30(28)35)20-37-18-22-6-4-8-26(14-22)32-34-33-31(38-32)25-7-3-5-21(13-25)17-36-19-23/h3-16H,2,17-20H2,1H3. The molecule has 0 aliphatic carbocycles. The molecule has 0 fully saturated rings. The fraction of sp³-hybridized carbons (Fsp3) is 0.188. The lowest BCUT2D eigenvalue weighted by Crippen LogP contribution is -1.96. The molecule has 0 N–H and O–H groups in total. The van der Waals surface area contributed by atoms with E-state index in [1.54, 1.807) is 0 Å². The number of nitrogens with zero attached hydrogens (tertiary/aromatic N) is 3. The third-order valence-corrected chi connectivity index (χ3v) is 7.16. The summed E-state index contributed by atoms with van der Waals surface area (Å²) in [6.07, 6.45) is 0. The Bertz CT molecular complexity index is 1660. The minimum atomic E-state index is 0.489. The van der Waals surface area contributed by atoms with Gasteiger partial charge in [-0.3, -0.25) is 0 Å². The molecule has 0 unspecified atom stereocenters. The molecule has 1 aliphatic heterocycles. The summed E-state index contributed by atoms with van der Waals surface area (Å²) in [5, 5.41) is 11.1. The van der Waals surface area contributed by atoms with Crippen LogP contribution in [0.25, 0.3) is 44.7 Å². The van der Waals surface area contributed by atoms with Crippen LogP contribution in [0.2, 0.25) is 0 Å². The Morgan fingerprint density at radius 3 is 1.55 bits per heavy atom. The first-order valence-corrected chi connectivity index (χ1v) is 13.0. The van der Waals surface area contributed by atoms with Gasteiger partial charge in [0, 0.05) is 39.5 Å². The van der Waals surface area contributed by atoms with Gasteiger partial charge in [0.25, 0.3) is 0 Å². The Kier molecular flexibility index (Phi) is 5.76. The van der Waals surface area contributed by atoms with Crippen molar-refractivity contribution < 1.29 is 13.9 Å². The van der Waals surface area contributed by atoms with E-state index in [0.29, 0.717) is 38.2 Å². The molecule has 0 atom stereocenters. The van der Waals surface area contributed by atoms with Crippen LogP contribution < -0.4 is 0 Å². The first-order chi connectivity index (χ1) is 18.7. The van der Waals surface area contributed by atoms with E-state index in [4.69, 9.17) is 13.9 Å². The third-order valence-electron chi connectivity index (χ3n) is 7.16. The molecular weight excluding hydrogens is 474 g/mol. The minimum Gasteiger partial charge on any atom is -0.416 e. The van der Waals surface area contributed by atoms with E-state index in [1.807, 2.05) is 36.4 Å². The van der Waals surface area contributed by atoms with Gasteiger partial charge >= 0.3 is 0 Å². The fourth-order valence-electron chi connectivity index (χ4n) is 5.34. The summed E-state index contributed by atoms with van der Waals surface area (Å²) in [4.78, 5) is 0. The summed E-state index contributed by atoms with van der Waals surface area (Å²) in [6.45, 7) is 5.15. The highest BCUT2D eigenvalue weighted by molar-refractivity contribution is 6.08. The second kappa shape index (κ2) is 9.56. The lowest BCUT2D eigenvalue weighted by molar-refractivity contribution is 0.107. The average molecular weight is 502 g/mol. The van der Waals surface area contributed by atoms with Crippen molar-refractivity contribution in [2.45, 2.75) is 39.9 Å². The van der Waals surface area contributed by atoms with Gasteiger partial charge < -0.3 is 18.5 Å². The number of hydrogen-bond donors (Lipinski definition) is 0. The summed E-state index contributed by atoms with van der Waals surface area (Å²) in [7, 11) is 0. The summed E-state index contributed by atoms with van der Waals surface area (Å²) < 4.78 is 20.7. The molecular formula is C32H27N3O3. The van der Waals surface area contributed by atoms with E-state index in [9.17, 15) is 0 Å². The number of benzene rings is 4. The maximum atomic E-state index is 6.14. The average Bonchev–Trinajstić information content (AvgIpc) is 3.56. The lowest BCUT2D eigenvalue weighted by atomic mass is 10.1. The van der Waals surface area contributed by atoms with E-state index >= 15 is 0 Å². The van der Waals surface area contributed by atoms with Crippen molar-refractivity contribution in [3.05, 3.63) is 107 Å². The van der Waals surface area contributed by atoms with Crippen molar-refractivity contribution in [2.24, 2.45) is 0 Å². The quantitative estimate of drug-likeness (QED) is 0.237. The molecule has 0 saturated heterocycles. The molecule has 188 valence electrons. The number of hydrogen-bond acceptors (Lipinski definition) is 5. The van der Waals surface area contributed by atoms with Crippen molar-refractivity contribution >= 4 is 21.8 Å². The van der Waals surface area contributed by atoms with Gasteiger partial charge in [0.1, 0.15) is 0 Å². The molecule has 1 aliphatic rings. The molecule has 0 amide bonds. The van der Waals surface area contributed by atoms with E-state index in [1.165, 1.54) is 21.8 Å². The van der Waals surface area contributed by atoms with Crippen LogP contribution in [0.4, 0.5) is 0 Å². The van der Waals surface area contributed by atoms with Gasteiger partial charge in [0.2, 0.25) is 11.8 Å². The van der Waals surface area contributed by atoms with E-state index in [0.717, 1.165) is 39.9 Å². The van der Waals surface area contributed by atoms with Gasteiger partial charge in [-0.25, -0.2) is 0 Å². The van der Waals surface area contributed by atoms with Crippen LogP contribution in [0.5, 0.6) is 0 Å². The van der Waals surface area contributed by atoms with Gasteiger partial charge in [-0.1, -0.05) is 36.4 Å². The third kappa shape index (κ3) is 4.18. The molecule has 0 radical (unpaired) electrons. The first-order valence-electron chi connectivity index (χ1n) is 13.0. The highest BCUT2D eigenvalue weighted by atomic mass is 16.5. The SMILES string of the molecule is CCn1c2ccc3cc2c2cc(ccc21)COCc1cccc(c1)-c1nnc(o1)-c1cccc(c1)COC3. The molecule has 6 heteroatoms. The predicted octanol–water partition coefficient (Wildman–Crippen LogP) is 7.28. The lowest BCUT2D eigenvalue weighted by Gasteiger charge is -2.07. The molecule has 7 rings (SSSR count). The molecule has 3 heterocycles. The maximum Gasteiger partial charge on any atom is 0.248 e. The normalized spacial score (nSPS) is 13.9. The minimum absolute atomic E-state index is 0.489. The Labute approximate surface area is 220 Å². The van der Waals surface area contributed by atoms with Crippen LogP contribution in [-0.2, 0) is 42.4 Å². The van der Waals surface area contributed by atoms with Gasteiger partial charge in [-0.2, -0.15) is 0 Å². The number of fused-ring (bicyclic) bond motifs is 10. The number of rotatable bonds is 1. The largest absolute Gasteiger partial charge is 0.416 e. The van der Waals surface area contributed by atoms with Gasteiger partial charge in [0.05, 0.1) is 26.4 Å². The van der Waals surface area contributed by atoms with Crippen molar-refractivity contribution in [1.29, 1.82) is 0 Å². The van der Waals surface area contributed by atoms with E-state index in [2.05, 4.69) is 70.2 Å². The summed E-state index contributed by atoms with van der Waals surface area (Å²) in [6, 6.07) is 29.4. The van der Waals surface area contributed by atoms with Crippen LogP contribution in [0.15, 0.2) is 89.3 Å². The number of ether oxygens (including phenoxy) is 2. The van der Waals surface area contributed by atoms with Crippen molar-refractivity contribution in [3.63, 3.8) is 0 Å². The van der Waals surface area contributed by atoms with Crippen molar-refractivity contribution in [3.8, 4) is 22.9 Å². The zero-order valence-electron chi connectivity index (χ0n) is 21.2. The molecule has 2 aromatic heterocycles. The Morgan fingerprint density at radius 1 is 0.605 bits per heavy atom. The molecule has 0 spiro atoms. The van der Waals surface area contributed by atoms with Gasteiger partial charge in [-0.15, -0.1) is 10.2 Å². The Hall–Kier alpha value is -4.26. The van der Waals surface area contributed by atoms with Crippen LogP contribution >= 0.6 is 0 Å². The van der Waals surface area contributed by atoms with E-state index < -0.39 is 0 Å². The molecule has 0 saturated carbocycles. The van der Waals surface area contributed by atoms with Gasteiger partial charge in [0.15, 0.2) is 0 Å². The second-order valence-corrected chi connectivity index (χ2v) is 9.75. The summed E-state index contributed by atoms with van der Waals surface area (Å²) >= 11 is 0. The Morgan fingerprint density at radius 2 is 1.08 bits per heavy atom. The number of aryl methyl sites for hydroxylation is 1. The number of aromatic nitrogens is 3. The zero-order chi connectivity index (χ0) is 25.5. The highest BCUT2D eigenvalue weighted by Crippen LogP contribution is 2.32. The predicted molar refractivity (Wildman–Crippen MR) is 147 cm³/mol. The molecule has 10 bridgehead atoms. The monoisotopic (exact) mass is 501 g/mol. The second-order valence-electron chi connectivity index (χ2n) is 9.75. The molecule has 6 aromatic rings. The maximum absolute atomic E-state index is 6.14. The van der Waals surface area contributed by atoms with Crippen LogP contribution in [-0.4, -0.2) is 14.8 Å². The van der Waals surface area contributed by atoms with E-state index in [-0.39, 0.29) is 0 Å². The zero-order valence-corrected chi connectivity index (χ0v) is 21.2. The molecule has 38 heavy (non-hydrogen) atoms. The first kappa shape index (κ1) is 22.9. The van der Waals surface area contributed by atoms with Crippen LogP contribution in [0.3, 0.4) is 0 Å². The highest BCUT2D eigenvalue weighted by Gasteiger charge is 2.14. The van der Waals surface area contributed by atoms with Crippen molar-refractivity contribution in [1.82, 2.24) is 14.8 Å². The fourth-order valence-corrected chi connectivity index (χ4v) is 5.34. The van der Waals surface area contributed by atoms with Crippen LogP contribution in [0, 0.1) is 0 Å². The van der Waals surface area contributed by atoms with Crippen LogP contribution in [0.1, 0.15) is 29.2 Å². The smallest absolute Gasteiger partial charge is 0.248 e. The Balaban J connectivity index is 1.30. The molecule has 4 aromatic carbocycles. The summed E-state index contributed by atoms with van der Waals surface area (Å²) in [5.74, 6) is 0.979. The molecule has 6 nitrogen and oxygen atoms in total. The van der Waals surface area contributed by atoms with Crippen molar-refractivity contribution in [2.75, 3.05) is 0 Å². The topological polar surface area (TPSA) is 62.3 Å². The summed E-state index contributed by atoms with van der Waals surface area (Å²) in [5.41, 5.74) is 8.64. The van der Waals surface area contributed by atoms with Gasteiger partial charge in [-0.05, 0) is 77.7 Å².